The summed E-state index contributed by atoms with van der Waals surface area (Å²) in [5.74, 6) is 0. The van der Waals surface area contributed by atoms with Crippen molar-refractivity contribution in [2.24, 2.45) is 5.41 Å². The van der Waals surface area contributed by atoms with Crippen LogP contribution in [0.4, 0.5) is 0 Å². The Balaban J connectivity index is 2.84. The Hall–Kier alpha value is -0.820. The van der Waals surface area contributed by atoms with Gasteiger partial charge in [-0.3, -0.25) is 0 Å². The minimum Gasteiger partial charge on any atom is -0.395 e. The summed E-state index contributed by atoms with van der Waals surface area (Å²) in [5.41, 5.74) is 2.76. The first-order valence-corrected chi connectivity index (χ1v) is 5.95. The van der Waals surface area contributed by atoms with Gasteiger partial charge in [-0.2, -0.15) is 0 Å². The number of benzene rings is 1. The number of rotatable bonds is 3. The van der Waals surface area contributed by atoms with Crippen LogP contribution >= 0.6 is 0 Å². The van der Waals surface area contributed by atoms with Crippen LogP contribution in [0.5, 0.6) is 0 Å². The van der Waals surface area contributed by atoms with Crippen molar-refractivity contribution in [1.29, 1.82) is 0 Å². The van der Waals surface area contributed by atoms with Crippen molar-refractivity contribution in [2.75, 3.05) is 6.61 Å². The highest BCUT2D eigenvalue weighted by atomic mass is 16.3. The van der Waals surface area contributed by atoms with E-state index in [9.17, 15) is 5.11 Å². The molecule has 0 radical (unpaired) electrons. The smallest absolute Gasteiger partial charge is 0.0522 e. The van der Waals surface area contributed by atoms with Gasteiger partial charge in [-0.25, -0.2) is 0 Å². The third kappa shape index (κ3) is 3.64. The molecule has 90 valence electrons. The summed E-state index contributed by atoms with van der Waals surface area (Å²) in [7, 11) is 0. The third-order valence-electron chi connectivity index (χ3n) is 2.87. The van der Waals surface area contributed by atoms with E-state index in [4.69, 9.17) is 0 Å². The van der Waals surface area contributed by atoms with E-state index in [-0.39, 0.29) is 12.0 Å². The number of hydrogen-bond acceptors (Lipinski definition) is 1. The molecule has 0 saturated heterocycles. The summed E-state index contributed by atoms with van der Waals surface area (Å²) in [6.07, 6.45) is 1.09. The van der Waals surface area contributed by atoms with Gasteiger partial charge in [0.05, 0.1) is 6.61 Å². The maximum atomic E-state index is 9.30. The Morgan fingerprint density at radius 2 is 1.44 bits per heavy atom. The lowest BCUT2D eigenvalue weighted by Gasteiger charge is -2.23. The molecule has 1 N–H and O–H groups in total. The molecule has 0 heterocycles. The molecule has 1 heteroatoms. The van der Waals surface area contributed by atoms with Crippen molar-refractivity contribution in [3.05, 3.63) is 35.4 Å². The number of hydrogen-bond donors (Lipinski definition) is 1. The molecule has 0 saturated carbocycles. The quantitative estimate of drug-likeness (QED) is 0.826. The zero-order valence-corrected chi connectivity index (χ0v) is 11.2. The molecular weight excluding hydrogens is 196 g/mol. The van der Waals surface area contributed by atoms with Crippen LogP contribution in [0.2, 0.25) is 0 Å². The highest BCUT2D eigenvalue weighted by Gasteiger charge is 2.19. The molecule has 0 fully saturated rings. The largest absolute Gasteiger partial charge is 0.395 e. The number of aliphatic hydroxyl groups excluding tert-OH is 1. The fraction of sp³-hybridized carbons (Fsp3) is 0.600. The fourth-order valence-corrected chi connectivity index (χ4v) is 1.78. The van der Waals surface area contributed by atoms with Crippen molar-refractivity contribution >= 4 is 0 Å². The molecule has 0 unspecified atom stereocenters. The lowest BCUT2D eigenvalue weighted by Crippen LogP contribution is -2.22. The van der Waals surface area contributed by atoms with E-state index < -0.39 is 0 Å². The molecule has 0 aromatic heterocycles. The molecule has 1 rings (SSSR count). The standard InChI is InChI=1S/C15H24O/c1-14(2,3)10-12-6-8-13(9-7-12)15(4,5)11-16/h6-9,16H,10-11H2,1-5H3. The molecule has 0 aliphatic heterocycles. The first-order chi connectivity index (χ1) is 7.24. The first-order valence-electron chi connectivity index (χ1n) is 5.95. The summed E-state index contributed by atoms with van der Waals surface area (Å²) < 4.78 is 0. The van der Waals surface area contributed by atoms with Gasteiger partial charge in [0.15, 0.2) is 0 Å². The van der Waals surface area contributed by atoms with Crippen molar-refractivity contribution in [1.82, 2.24) is 0 Å². The summed E-state index contributed by atoms with van der Waals surface area (Å²) in [6.45, 7) is 11.1. The maximum absolute atomic E-state index is 9.30. The van der Waals surface area contributed by atoms with Gasteiger partial charge in [-0.1, -0.05) is 58.9 Å². The van der Waals surface area contributed by atoms with Gasteiger partial charge >= 0.3 is 0 Å². The fourth-order valence-electron chi connectivity index (χ4n) is 1.78. The van der Waals surface area contributed by atoms with E-state index in [1.165, 1.54) is 11.1 Å². The second kappa shape index (κ2) is 4.58. The molecule has 0 aliphatic carbocycles. The van der Waals surface area contributed by atoms with Crippen LogP contribution in [0.25, 0.3) is 0 Å². The minimum atomic E-state index is -0.139. The third-order valence-corrected chi connectivity index (χ3v) is 2.87. The lowest BCUT2D eigenvalue weighted by molar-refractivity contribution is 0.218. The van der Waals surface area contributed by atoms with Crippen molar-refractivity contribution in [3.8, 4) is 0 Å². The molecule has 0 spiro atoms. The van der Waals surface area contributed by atoms with E-state index in [0.717, 1.165) is 6.42 Å². The first kappa shape index (κ1) is 13.2. The molecule has 0 bridgehead atoms. The summed E-state index contributed by atoms with van der Waals surface area (Å²) in [5, 5.41) is 9.30. The lowest BCUT2D eigenvalue weighted by atomic mass is 9.83. The molecule has 0 amide bonds. The van der Waals surface area contributed by atoms with Gasteiger partial charge in [-0.05, 0) is 23.0 Å². The topological polar surface area (TPSA) is 20.2 Å². The Labute approximate surface area is 99.5 Å². The van der Waals surface area contributed by atoms with E-state index >= 15 is 0 Å². The zero-order valence-electron chi connectivity index (χ0n) is 11.2. The second-order valence-electron chi connectivity index (χ2n) is 6.48. The van der Waals surface area contributed by atoms with E-state index in [1.807, 2.05) is 0 Å². The second-order valence-corrected chi connectivity index (χ2v) is 6.48. The van der Waals surface area contributed by atoms with Gasteiger partial charge in [-0.15, -0.1) is 0 Å². The van der Waals surface area contributed by atoms with Gasteiger partial charge in [0, 0.05) is 5.41 Å². The SMILES string of the molecule is CC(C)(C)Cc1ccc(C(C)(C)CO)cc1. The Bertz CT molecular complexity index is 327. The van der Waals surface area contributed by atoms with Crippen LogP contribution in [0, 0.1) is 5.41 Å². The minimum absolute atomic E-state index is 0.139. The predicted molar refractivity (Wildman–Crippen MR) is 69.7 cm³/mol. The van der Waals surface area contributed by atoms with Gasteiger partial charge in [0.1, 0.15) is 0 Å². The average Bonchev–Trinajstić information content (AvgIpc) is 2.16. The maximum Gasteiger partial charge on any atom is 0.0522 e. The molecule has 16 heavy (non-hydrogen) atoms. The molecule has 1 aromatic rings. The highest BCUT2D eigenvalue weighted by Crippen LogP contribution is 2.25. The molecule has 1 aromatic carbocycles. The summed E-state index contributed by atoms with van der Waals surface area (Å²) in [4.78, 5) is 0. The van der Waals surface area contributed by atoms with E-state index in [1.54, 1.807) is 0 Å². The van der Waals surface area contributed by atoms with Crippen LogP contribution in [-0.4, -0.2) is 11.7 Å². The number of aliphatic hydroxyl groups is 1. The van der Waals surface area contributed by atoms with Gasteiger partial charge < -0.3 is 5.11 Å². The molecule has 0 aliphatic rings. The van der Waals surface area contributed by atoms with E-state index in [2.05, 4.69) is 58.9 Å². The van der Waals surface area contributed by atoms with Crippen LogP contribution in [0.1, 0.15) is 45.7 Å². The molecule has 0 atom stereocenters. The van der Waals surface area contributed by atoms with E-state index in [0.29, 0.717) is 5.41 Å². The van der Waals surface area contributed by atoms with Gasteiger partial charge in [0.25, 0.3) is 0 Å². The van der Waals surface area contributed by atoms with Crippen LogP contribution in [0.15, 0.2) is 24.3 Å². The predicted octanol–water partition coefficient (Wildman–Crippen LogP) is 3.55. The van der Waals surface area contributed by atoms with Crippen LogP contribution in [0.3, 0.4) is 0 Å². The normalized spacial score (nSPS) is 12.9. The average molecular weight is 220 g/mol. The van der Waals surface area contributed by atoms with Crippen LogP contribution in [-0.2, 0) is 11.8 Å². The van der Waals surface area contributed by atoms with Gasteiger partial charge in [0.2, 0.25) is 0 Å². The summed E-state index contributed by atoms with van der Waals surface area (Å²) >= 11 is 0. The Morgan fingerprint density at radius 3 is 1.81 bits per heavy atom. The van der Waals surface area contributed by atoms with Crippen molar-refractivity contribution < 1.29 is 5.11 Å². The molecule has 1 nitrogen and oxygen atoms in total. The summed E-state index contributed by atoms with van der Waals surface area (Å²) in [6, 6.07) is 8.63. The zero-order chi connectivity index (χ0) is 12.4. The Morgan fingerprint density at radius 1 is 0.938 bits per heavy atom. The monoisotopic (exact) mass is 220 g/mol. The Kier molecular flexibility index (Phi) is 3.80. The highest BCUT2D eigenvalue weighted by molar-refractivity contribution is 5.28. The molecular formula is C15H24O. The van der Waals surface area contributed by atoms with Crippen molar-refractivity contribution in [3.63, 3.8) is 0 Å². The van der Waals surface area contributed by atoms with Crippen LogP contribution < -0.4 is 0 Å². The van der Waals surface area contributed by atoms with Crippen molar-refractivity contribution in [2.45, 2.75) is 46.5 Å².